The summed E-state index contributed by atoms with van der Waals surface area (Å²) in [7, 11) is 1.53. The van der Waals surface area contributed by atoms with Gasteiger partial charge in [0.25, 0.3) is 0 Å². The first-order valence-electron chi connectivity index (χ1n) is 10.1. The van der Waals surface area contributed by atoms with Crippen LogP contribution in [-0.4, -0.2) is 40.6 Å². The number of benzene rings is 2. The lowest BCUT2D eigenvalue weighted by molar-refractivity contribution is -0.120. The molecule has 3 aromatic rings. The molecule has 33 heavy (non-hydrogen) atoms. The molecule has 0 spiro atoms. The van der Waals surface area contributed by atoms with E-state index in [-0.39, 0.29) is 18.0 Å². The van der Waals surface area contributed by atoms with E-state index < -0.39 is 41.2 Å². The van der Waals surface area contributed by atoms with Crippen molar-refractivity contribution in [2.24, 2.45) is 0 Å². The smallest absolute Gasteiger partial charge is 0.358 e. The first-order chi connectivity index (χ1) is 15.8. The molecule has 1 aliphatic rings. The minimum absolute atomic E-state index is 0.0885. The van der Waals surface area contributed by atoms with E-state index in [0.29, 0.717) is 11.2 Å². The maximum absolute atomic E-state index is 13.7. The Balaban J connectivity index is 1.52. The number of halogens is 2. The van der Waals surface area contributed by atoms with Crippen molar-refractivity contribution in [1.29, 1.82) is 0 Å². The molecule has 174 valence electrons. The van der Waals surface area contributed by atoms with Crippen LogP contribution in [0.1, 0.15) is 18.4 Å². The maximum atomic E-state index is 13.7. The number of nitrogens with zero attached hydrogens (tertiary/aromatic N) is 2. The van der Waals surface area contributed by atoms with E-state index in [4.69, 9.17) is 0 Å². The summed E-state index contributed by atoms with van der Waals surface area (Å²) in [5.74, 6) is -2.11. The maximum Gasteiger partial charge on any atom is 0.358 e. The highest BCUT2D eigenvalue weighted by atomic mass is 32.2. The summed E-state index contributed by atoms with van der Waals surface area (Å²) >= 11 is -0.359. The molecule has 2 atom stereocenters. The van der Waals surface area contributed by atoms with Crippen LogP contribution in [0.2, 0.25) is 0 Å². The van der Waals surface area contributed by atoms with E-state index >= 15 is 0 Å². The number of carbonyl (C=O) groups is 2. The number of nitrogens with one attached hydrogen (secondary N) is 3. The van der Waals surface area contributed by atoms with Crippen LogP contribution < -0.4 is 19.7 Å². The van der Waals surface area contributed by atoms with E-state index in [0.717, 1.165) is 35.7 Å². The quantitative estimate of drug-likeness (QED) is 0.418. The molecule has 0 unspecified atom stereocenters. The molecule has 0 aliphatic heterocycles. The van der Waals surface area contributed by atoms with Gasteiger partial charge in [-0.3, -0.25) is 4.79 Å². The van der Waals surface area contributed by atoms with Crippen molar-refractivity contribution in [3.63, 3.8) is 0 Å². The summed E-state index contributed by atoms with van der Waals surface area (Å²) in [6.45, 7) is 0. The van der Waals surface area contributed by atoms with Gasteiger partial charge in [-0.05, 0) is 48.7 Å². The highest BCUT2D eigenvalue weighted by Crippen LogP contribution is 2.24. The fourth-order valence-electron chi connectivity index (χ4n) is 3.23. The molecule has 12 heteroatoms. The number of aromatic nitrogens is 1. The molecule has 0 radical (unpaired) electrons. The Morgan fingerprint density at radius 2 is 1.97 bits per heavy atom. The summed E-state index contributed by atoms with van der Waals surface area (Å²) in [6.07, 6.45) is 1.57. The number of anilines is 1. The van der Waals surface area contributed by atoms with E-state index in [1.807, 2.05) is 6.07 Å². The lowest BCUT2D eigenvalue weighted by Crippen LogP contribution is -2.54. The van der Waals surface area contributed by atoms with E-state index in [9.17, 15) is 22.9 Å². The average molecular weight is 494 g/mol. The van der Waals surface area contributed by atoms with E-state index in [2.05, 4.69) is 19.7 Å². The topological polar surface area (TPSA) is 109 Å². The molecule has 0 saturated heterocycles. The van der Waals surface area contributed by atoms with Gasteiger partial charge in [0.05, 0.1) is 21.8 Å². The number of likely N-dealkylation sites (N-methyl/N-ethyl adjacent to an activating group) is 1. The number of amides is 3. The summed E-state index contributed by atoms with van der Waals surface area (Å²) < 4.78 is 45.3. The van der Waals surface area contributed by atoms with Crippen molar-refractivity contribution < 1.29 is 22.9 Å². The van der Waals surface area contributed by atoms with Crippen LogP contribution in [-0.2, 0) is 22.8 Å². The monoisotopic (exact) mass is 493 g/mol. The molecular weight excluding hydrogens is 472 g/mol. The van der Waals surface area contributed by atoms with E-state index in [1.165, 1.54) is 23.3 Å². The molecule has 8 nitrogen and oxygen atoms in total. The Hall–Kier alpha value is -2.80. The zero-order valence-corrected chi connectivity index (χ0v) is 19.1. The highest BCUT2D eigenvalue weighted by Gasteiger charge is 2.30. The predicted molar refractivity (Wildman–Crippen MR) is 123 cm³/mol. The Morgan fingerprint density at radius 1 is 1.24 bits per heavy atom. The summed E-state index contributed by atoms with van der Waals surface area (Å²) in [4.78, 5) is 31.3. The van der Waals surface area contributed by atoms with E-state index in [1.54, 1.807) is 17.6 Å². The number of urea groups is 1. The van der Waals surface area contributed by atoms with Crippen LogP contribution in [0.3, 0.4) is 0 Å². The second kappa shape index (κ2) is 10.00. The van der Waals surface area contributed by atoms with Gasteiger partial charge in [-0.2, -0.15) is 0 Å². The van der Waals surface area contributed by atoms with Crippen LogP contribution in [0.4, 0.5) is 19.3 Å². The third kappa shape index (κ3) is 6.16. The predicted octanol–water partition coefficient (Wildman–Crippen LogP) is 2.78. The van der Waals surface area contributed by atoms with Crippen LogP contribution in [0.15, 0.2) is 41.9 Å². The first kappa shape index (κ1) is 23.4. The molecule has 1 aliphatic carbocycles. The van der Waals surface area contributed by atoms with Gasteiger partial charge >= 0.3 is 6.03 Å². The van der Waals surface area contributed by atoms with Crippen LogP contribution in [0.5, 0.6) is 0 Å². The van der Waals surface area contributed by atoms with Crippen LogP contribution in [0.25, 0.3) is 10.2 Å². The molecule has 2 aromatic carbocycles. The molecule has 0 bridgehead atoms. The van der Waals surface area contributed by atoms with Crippen molar-refractivity contribution in [3.05, 3.63) is 59.1 Å². The number of hydrogen-bond acceptors (Lipinski definition) is 6. The van der Waals surface area contributed by atoms with Gasteiger partial charge < -0.3 is 14.8 Å². The fraction of sp³-hybridized carbons (Fsp3) is 0.286. The van der Waals surface area contributed by atoms with Gasteiger partial charge in [-0.25, -0.2) is 18.6 Å². The third-order valence-corrected chi connectivity index (χ3v) is 6.76. The number of carbonyl (C=O) groups excluding carboxylic acids is 2. The first-order valence-corrected chi connectivity index (χ1v) is 12.1. The summed E-state index contributed by atoms with van der Waals surface area (Å²) in [6, 6.07) is 6.28. The average Bonchev–Trinajstić information content (AvgIpc) is 3.43. The fourth-order valence-corrected chi connectivity index (χ4v) is 4.72. The number of hydrogen-bond donors (Lipinski definition) is 3. The van der Waals surface area contributed by atoms with Crippen molar-refractivity contribution in [2.45, 2.75) is 31.3 Å². The molecule has 3 amide bonds. The molecular formula is C21H21F2N5O3S2. The molecule has 1 fully saturated rings. The van der Waals surface area contributed by atoms with Gasteiger partial charge in [-0.15, -0.1) is 20.8 Å². The van der Waals surface area contributed by atoms with Gasteiger partial charge in [0.15, 0.2) is 11.5 Å². The SMILES string of the molecule is CN(C(=O)[C@H](Cc1cc(F)cc(F)c1)NC(=O)N[S@@+]([O-])NC1CC1)c1ccc2scnc2c1. The standard InChI is InChI=1S/C21H21F2N5O3S2/c1-28(16-4-5-19-17(10-16)24-11-32-19)20(29)18(8-12-6-13(22)9-14(23)7-12)25-21(30)27-33(31)26-15-2-3-15/h4-7,9-11,15,18,26H,2-3,8H2,1H3,(H2,25,27,30)/t18-,33-/m0/s1. The van der Waals surface area contributed by atoms with Crippen LogP contribution >= 0.6 is 11.3 Å². The van der Waals surface area contributed by atoms with Crippen molar-refractivity contribution >= 4 is 50.7 Å². The van der Waals surface area contributed by atoms with Crippen LogP contribution in [0, 0.1) is 11.6 Å². The largest absolute Gasteiger partial charge is 0.573 e. The number of fused-ring (bicyclic) bond motifs is 1. The Morgan fingerprint density at radius 3 is 2.67 bits per heavy atom. The molecule has 3 N–H and O–H groups in total. The van der Waals surface area contributed by atoms with Gasteiger partial charge in [0.1, 0.15) is 17.7 Å². The molecule has 1 aromatic heterocycles. The highest BCUT2D eigenvalue weighted by molar-refractivity contribution is 7.88. The summed E-state index contributed by atoms with van der Waals surface area (Å²) in [5, 5.41) is 2.48. The van der Waals surface area contributed by atoms with Gasteiger partial charge in [0.2, 0.25) is 5.91 Å². The summed E-state index contributed by atoms with van der Waals surface area (Å²) in [5.41, 5.74) is 3.13. The Labute approximate surface area is 195 Å². The minimum atomic E-state index is -1.82. The zero-order chi connectivity index (χ0) is 23.5. The molecule has 1 heterocycles. The normalized spacial score (nSPS) is 15.2. The Bertz CT molecular complexity index is 1150. The Kier molecular flexibility index (Phi) is 7.08. The third-order valence-electron chi connectivity index (χ3n) is 5.03. The molecule has 1 saturated carbocycles. The van der Waals surface area contributed by atoms with Crippen molar-refractivity contribution in [1.82, 2.24) is 19.7 Å². The lowest BCUT2D eigenvalue weighted by Gasteiger charge is -2.25. The minimum Gasteiger partial charge on any atom is -0.573 e. The number of thiazole rings is 1. The lowest BCUT2D eigenvalue weighted by atomic mass is 10.0. The number of rotatable bonds is 8. The zero-order valence-electron chi connectivity index (χ0n) is 17.5. The second-order valence-corrected chi connectivity index (χ2v) is 9.54. The van der Waals surface area contributed by atoms with Gasteiger partial charge in [-0.1, -0.05) is 0 Å². The molecule has 4 rings (SSSR count). The van der Waals surface area contributed by atoms with Gasteiger partial charge in [0, 0.05) is 25.2 Å². The second-order valence-electron chi connectivity index (χ2n) is 7.67. The van der Waals surface area contributed by atoms with Crippen molar-refractivity contribution in [3.8, 4) is 0 Å². The van der Waals surface area contributed by atoms with Crippen molar-refractivity contribution in [2.75, 3.05) is 11.9 Å².